The Kier molecular flexibility index (Phi) is 7.26. The van der Waals surface area contributed by atoms with Crippen LogP contribution in [0.4, 0.5) is 0 Å². The van der Waals surface area contributed by atoms with Crippen molar-refractivity contribution in [3.63, 3.8) is 0 Å². The topological polar surface area (TPSA) is 38.7 Å². The van der Waals surface area contributed by atoms with E-state index in [2.05, 4.69) is 16.7 Å². The van der Waals surface area contributed by atoms with Crippen molar-refractivity contribution < 1.29 is 9.53 Å². The van der Waals surface area contributed by atoms with Gasteiger partial charge in [-0.15, -0.1) is 0 Å². The van der Waals surface area contributed by atoms with E-state index in [-0.39, 0.29) is 12.0 Å². The van der Waals surface area contributed by atoms with E-state index < -0.39 is 0 Å². The van der Waals surface area contributed by atoms with Crippen molar-refractivity contribution in [3.8, 4) is 0 Å². The molecule has 0 saturated carbocycles. The molecule has 0 aromatic rings. The van der Waals surface area contributed by atoms with Crippen LogP contribution in [0.3, 0.4) is 0 Å². The van der Waals surface area contributed by atoms with Crippen LogP contribution in [0.1, 0.15) is 39.5 Å². The quantitative estimate of drug-likeness (QED) is 0.470. The van der Waals surface area contributed by atoms with Crippen molar-refractivity contribution in [2.24, 2.45) is 4.99 Å². The molecule has 76 valence electrons. The van der Waals surface area contributed by atoms with Crippen LogP contribution in [-0.2, 0) is 9.53 Å². The summed E-state index contributed by atoms with van der Waals surface area (Å²) in [7, 11) is 1.41. The van der Waals surface area contributed by atoms with Gasteiger partial charge in [-0.25, -0.2) is 4.79 Å². The maximum atomic E-state index is 11.2. The summed E-state index contributed by atoms with van der Waals surface area (Å²) in [6, 6.07) is -0.287. The summed E-state index contributed by atoms with van der Waals surface area (Å²) in [6.45, 7) is 4.09. The van der Waals surface area contributed by atoms with E-state index >= 15 is 0 Å². The van der Waals surface area contributed by atoms with E-state index in [1.165, 1.54) is 7.11 Å². The summed E-state index contributed by atoms with van der Waals surface area (Å²) < 4.78 is 4.65. The molecule has 0 fully saturated rings. The largest absolute Gasteiger partial charge is 0.467 e. The van der Waals surface area contributed by atoms with Gasteiger partial charge >= 0.3 is 5.97 Å². The van der Waals surface area contributed by atoms with Gasteiger partial charge in [0, 0.05) is 0 Å². The molecule has 3 heteroatoms. The Morgan fingerprint density at radius 3 is 2.69 bits per heavy atom. The molecule has 13 heavy (non-hydrogen) atoms. The fraction of sp³-hybridized carbons (Fsp3) is 0.800. The number of esters is 1. The molecule has 0 aromatic carbocycles. The first-order valence-corrected chi connectivity index (χ1v) is 4.85. The molecule has 0 radical (unpaired) electrons. The minimum absolute atomic E-state index is 0.224. The second kappa shape index (κ2) is 7.77. The smallest absolute Gasteiger partial charge is 0.330 e. The summed E-state index contributed by atoms with van der Waals surface area (Å²) in [5, 5.41) is 0. The predicted octanol–water partition coefficient (Wildman–Crippen LogP) is 2.20. The van der Waals surface area contributed by atoms with Gasteiger partial charge in [0.15, 0.2) is 0 Å². The third kappa shape index (κ3) is 5.39. The molecule has 0 aliphatic heterocycles. The minimum atomic E-state index is -0.287. The lowest BCUT2D eigenvalue weighted by atomic mass is 10.1. The van der Waals surface area contributed by atoms with Gasteiger partial charge in [0.25, 0.3) is 0 Å². The van der Waals surface area contributed by atoms with E-state index in [0.717, 1.165) is 25.7 Å². The van der Waals surface area contributed by atoms with Gasteiger partial charge in [-0.05, 0) is 19.1 Å². The van der Waals surface area contributed by atoms with Crippen LogP contribution < -0.4 is 0 Å². The Morgan fingerprint density at radius 1 is 1.54 bits per heavy atom. The molecule has 0 rings (SSSR count). The summed E-state index contributed by atoms with van der Waals surface area (Å²) in [6.07, 6.45) is 5.52. The molecular formula is C10H19NO2. The second-order valence-electron chi connectivity index (χ2n) is 2.92. The highest BCUT2D eigenvalue weighted by atomic mass is 16.5. The average Bonchev–Trinajstić information content (AvgIpc) is 2.17. The Morgan fingerprint density at radius 2 is 2.23 bits per heavy atom. The number of carbonyl (C=O) groups is 1. The zero-order chi connectivity index (χ0) is 10.1. The molecule has 0 aliphatic carbocycles. The fourth-order valence-corrected chi connectivity index (χ4v) is 1.02. The summed E-state index contributed by atoms with van der Waals surface area (Å²) in [5.74, 6) is -0.224. The van der Waals surface area contributed by atoms with Gasteiger partial charge in [-0.2, -0.15) is 0 Å². The van der Waals surface area contributed by atoms with Crippen molar-refractivity contribution in [1.29, 1.82) is 0 Å². The van der Waals surface area contributed by atoms with Gasteiger partial charge < -0.3 is 4.74 Å². The molecular weight excluding hydrogens is 166 g/mol. The van der Waals surface area contributed by atoms with Gasteiger partial charge in [0.05, 0.1) is 7.11 Å². The highest BCUT2D eigenvalue weighted by Gasteiger charge is 2.15. The number of rotatable bonds is 6. The third-order valence-electron chi connectivity index (χ3n) is 1.77. The Hall–Kier alpha value is -0.860. The van der Waals surface area contributed by atoms with Crippen LogP contribution in [0.2, 0.25) is 0 Å². The summed E-state index contributed by atoms with van der Waals surface area (Å²) >= 11 is 0. The molecule has 0 bridgehead atoms. The van der Waals surface area contributed by atoms with E-state index in [0.29, 0.717) is 0 Å². The van der Waals surface area contributed by atoms with E-state index in [1.54, 1.807) is 6.21 Å². The van der Waals surface area contributed by atoms with Crippen molar-refractivity contribution in [1.82, 2.24) is 0 Å². The number of hydrogen-bond donors (Lipinski definition) is 0. The Bertz CT molecular complexity index is 166. The first-order valence-electron chi connectivity index (χ1n) is 4.85. The van der Waals surface area contributed by atoms with Crippen LogP contribution in [0.25, 0.3) is 0 Å². The lowest BCUT2D eigenvalue weighted by Gasteiger charge is -2.08. The van der Waals surface area contributed by atoms with Crippen molar-refractivity contribution in [2.75, 3.05) is 7.11 Å². The maximum absolute atomic E-state index is 11.2. The van der Waals surface area contributed by atoms with Gasteiger partial charge in [0.2, 0.25) is 0 Å². The molecule has 1 atom stereocenters. The molecule has 0 heterocycles. The molecule has 0 spiro atoms. The number of hydrogen-bond acceptors (Lipinski definition) is 3. The number of aliphatic imine (C=N–C) groups is 1. The van der Waals surface area contributed by atoms with Crippen LogP contribution in [-0.4, -0.2) is 25.3 Å². The normalized spacial score (nSPS) is 13.2. The zero-order valence-corrected chi connectivity index (χ0v) is 8.75. The van der Waals surface area contributed by atoms with E-state index in [1.807, 2.05) is 6.92 Å². The van der Waals surface area contributed by atoms with E-state index in [9.17, 15) is 4.79 Å². The van der Waals surface area contributed by atoms with Crippen LogP contribution in [0.5, 0.6) is 0 Å². The van der Waals surface area contributed by atoms with Crippen molar-refractivity contribution in [3.05, 3.63) is 0 Å². The van der Waals surface area contributed by atoms with E-state index in [4.69, 9.17) is 0 Å². The monoisotopic (exact) mass is 185 g/mol. The van der Waals surface area contributed by atoms with Crippen molar-refractivity contribution in [2.45, 2.75) is 45.6 Å². The standard InChI is InChI=1S/C10H19NO2/c1-4-6-7-9(10(12)13-3)11-8-5-2/h8-9H,4-7H2,1-3H3/b11-8+. The van der Waals surface area contributed by atoms with Gasteiger partial charge in [-0.3, -0.25) is 4.99 Å². The summed E-state index contributed by atoms with van der Waals surface area (Å²) in [4.78, 5) is 15.3. The highest BCUT2D eigenvalue weighted by Crippen LogP contribution is 2.06. The van der Waals surface area contributed by atoms with Crippen LogP contribution in [0, 0.1) is 0 Å². The minimum Gasteiger partial charge on any atom is -0.467 e. The van der Waals surface area contributed by atoms with Gasteiger partial charge in [0.1, 0.15) is 6.04 Å². The lowest BCUT2D eigenvalue weighted by molar-refractivity contribution is -0.142. The number of carbonyl (C=O) groups excluding carboxylic acids is 1. The fourth-order valence-electron chi connectivity index (χ4n) is 1.02. The molecule has 0 saturated heterocycles. The Balaban J connectivity index is 4.02. The molecule has 1 unspecified atom stereocenters. The number of nitrogens with zero attached hydrogens (tertiary/aromatic N) is 1. The first kappa shape index (κ1) is 12.1. The number of unbranched alkanes of at least 4 members (excludes halogenated alkanes) is 1. The lowest BCUT2D eigenvalue weighted by Crippen LogP contribution is -2.20. The molecule has 0 N–H and O–H groups in total. The SMILES string of the molecule is CC/C=N/C(CCCC)C(=O)OC. The van der Waals surface area contributed by atoms with Crippen molar-refractivity contribution >= 4 is 12.2 Å². The average molecular weight is 185 g/mol. The first-order chi connectivity index (χ1) is 6.26. The third-order valence-corrected chi connectivity index (χ3v) is 1.77. The number of ether oxygens (including phenoxy) is 1. The van der Waals surface area contributed by atoms with Crippen LogP contribution in [0.15, 0.2) is 4.99 Å². The summed E-state index contributed by atoms with van der Waals surface area (Å²) in [5.41, 5.74) is 0. The molecule has 3 nitrogen and oxygen atoms in total. The van der Waals surface area contributed by atoms with Crippen LogP contribution >= 0.6 is 0 Å². The number of methoxy groups -OCH3 is 1. The maximum Gasteiger partial charge on any atom is 0.330 e. The molecule has 0 aliphatic rings. The predicted molar refractivity (Wildman–Crippen MR) is 54.1 cm³/mol. The van der Waals surface area contributed by atoms with Gasteiger partial charge in [-0.1, -0.05) is 26.7 Å². The molecule has 0 aromatic heterocycles. The Labute approximate surface area is 80.2 Å². The molecule has 0 amide bonds. The highest BCUT2D eigenvalue weighted by molar-refractivity contribution is 5.77. The zero-order valence-electron chi connectivity index (χ0n) is 8.75. The second-order valence-corrected chi connectivity index (χ2v) is 2.92.